The van der Waals surface area contributed by atoms with Crippen LogP contribution in [0.4, 0.5) is 0 Å². The molecule has 27 heavy (non-hydrogen) atoms. The van der Waals surface area contributed by atoms with Crippen LogP contribution in [-0.2, 0) is 10.0 Å². The smallest absolute Gasteiger partial charge is 0.246 e. The number of benzene rings is 2. The molecule has 0 aliphatic carbocycles. The van der Waals surface area contributed by atoms with E-state index in [1.807, 2.05) is 0 Å². The van der Waals surface area contributed by atoms with Crippen LogP contribution in [0.1, 0.15) is 13.8 Å². The molecule has 0 saturated heterocycles. The maximum atomic E-state index is 13.0. The third kappa shape index (κ3) is 3.48. The highest BCUT2D eigenvalue weighted by molar-refractivity contribution is 7.89. The minimum atomic E-state index is -3.74. The van der Waals surface area contributed by atoms with E-state index in [1.54, 1.807) is 50.2 Å². The van der Waals surface area contributed by atoms with Crippen molar-refractivity contribution in [1.29, 1.82) is 0 Å². The third-order valence-corrected chi connectivity index (χ3v) is 6.48. The molecule has 0 radical (unpaired) electrons. The van der Waals surface area contributed by atoms with E-state index in [9.17, 15) is 13.2 Å². The van der Waals surface area contributed by atoms with Gasteiger partial charge < -0.3 is 9.15 Å². The number of fused-ring (bicyclic) bond motifs is 1. The third-order valence-electron chi connectivity index (χ3n) is 4.41. The largest absolute Gasteiger partial charge is 0.495 e. The van der Waals surface area contributed by atoms with Gasteiger partial charge >= 0.3 is 0 Å². The molecule has 0 aliphatic rings. The Bertz CT molecular complexity index is 1130. The lowest BCUT2D eigenvalue weighted by atomic mass is 10.1. The number of nitrogens with zero attached hydrogens (tertiary/aromatic N) is 1. The van der Waals surface area contributed by atoms with Crippen LogP contribution in [-0.4, -0.2) is 32.9 Å². The second-order valence-electron chi connectivity index (χ2n) is 5.93. The standard InChI is InChI=1S/C20H21NO5S/c1-4-21(5-2)27(23,24)20-12-14(10-11-18(20)25-3)19-13-16(22)15-8-6-7-9-17(15)26-19/h6-13H,4-5H2,1-3H3. The van der Waals surface area contributed by atoms with Gasteiger partial charge in [0.15, 0.2) is 5.43 Å². The molecule has 7 heteroatoms. The van der Waals surface area contributed by atoms with Crippen LogP contribution in [0.3, 0.4) is 0 Å². The Labute approximate surface area is 158 Å². The van der Waals surface area contributed by atoms with Crippen molar-refractivity contribution in [2.75, 3.05) is 20.2 Å². The van der Waals surface area contributed by atoms with Crippen molar-refractivity contribution in [2.45, 2.75) is 18.7 Å². The van der Waals surface area contributed by atoms with Gasteiger partial charge in [0.05, 0.1) is 12.5 Å². The Balaban J connectivity index is 2.21. The van der Waals surface area contributed by atoms with Crippen molar-refractivity contribution in [2.24, 2.45) is 0 Å². The van der Waals surface area contributed by atoms with Gasteiger partial charge in [0, 0.05) is 24.7 Å². The van der Waals surface area contributed by atoms with Crippen LogP contribution in [0.2, 0.25) is 0 Å². The number of hydrogen-bond donors (Lipinski definition) is 0. The Morgan fingerprint density at radius 1 is 1.04 bits per heavy atom. The molecule has 3 rings (SSSR count). The maximum Gasteiger partial charge on any atom is 0.246 e. The molecule has 0 unspecified atom stereocenters. The molecular formula is C20H21NO5S. The zero-order valence-corrected chi connectivity index (χ0v) is 16.2. The summed E-state index contributed by atoms with van der Waals surface area (Å²) in [6.45, 7) is 4.24. The first-order valence-corrected chi connectivity index (χ1v) is 10.1. The predicted octanol–water partition coefficient (Wildman–Crippen LogP) is 3.50. The Hall–Kier alpha value is -2.64. The summed E-state index contributed by atoms with van der Waals surface area (Å²) < 4.78 is 38.4. The van der Waals surface area contributed by atoms with Crippen molar-refractivity contribution < 1.29 is 17.6 Å². The number of rotatable bonds is 6. The van der Waals surface area contributed by atoms with Gasteiger partial charge in [0.2, 0.25) is 10.0 Å². The van der Waals surface area contributed by atoms with Gasteiger partial charge in [0.1, 0.15) is 22.0 Å². The highest BCUT2D eigenvalue weighted by Gasteiger charge is 2.26. The van der Waals surface area contributed by atoms with E-state index >= 15 is 0 Å². The molecule has 0 bridgehead atoms. The lowest BCUT2D eigenvalue weighted by Gasteiger charge is -2.20. The molecule has 2 aromatic carbocycles. The Morgan fingerprint density at radius 2 is 1.74 bits per heavy atom. The van der Waals surface area contributed by atoms with E-state index in [2.05, 4.69) is 0 Å². The molecule has 1 heterocycles. The summed E-state index contributed by atoms with van der Waals surface area (Å²) in [6.07, 6.45) is 0. The van der Waals surface area contributed by atoms with Crippen LogP contribution in [0, 0.1) is 0 Å². The molecule has 0 N–H and O–H groups in total. The van der Waals surface area contributed by atoms with Gasteiger partial charge in [-0.1, -0.05) is 26.0 Å². The van der Waals surface area contributed by atoms with Crippen molar-refractivity contribution in [3.8, 4) is 17.1 Å². The van der Waals surface area contributed by atoms with Crippen molar-refractivity contribution in [3.05, 3.63) is 58.8 Å². The first-order valence-electron chi connectivity index (χ1n) is 8.63. The first-order chi connectivity index (χ1) is 12.9. The molecule has 6 nitrogen and oxygen atoms in total. The van der Waals surface area contributed by atoms with E-state index < -0.39 is 10.0 Å². The summed E-state index contributed by atoms with van der Waals surface area (Å²) in [5, 5.41) is 0.478. The second kappa shape index (κ2) is 7.54. The van der Waals surface area contributed by atoms with Crippen LogP contribution >= 0.6 is 0 Å². The molecule has 3 aromatic rings. The normalized spacial score (nSPS) is 11.9. The van der Waals surface area contributed by atoms with Crippen LogP contribution in [0.25, 0.3) is 22.3 Å². The monoisotopic (exact) mass is 387 g/mol. The average Bonchev–Trinajstić information content (AvgIpc) is 2.68. The van der Waals surface area contributed by atoms with Crippen LogP contribution < -0.4 is 10.2 Å². The van der Waals surface area contributed by atoms with Gasteiger partial charge in [0.25, 0.3) is 0 Å². The fourth-order valence-corrected chi connectivity index (χ4v) is 4.62. The highest BCUT2D eigenvalue weighted by Crippen LogP contribution is 2.32. The minimum Gasteiger partial charge on any atom is -0.495 e. The van der Waals surface area contributed by atoms with E-state index in [0.29, 0.717) is 35.4 Å². The highest BCUT2D eigenvalue weighted by atomic mass is 32.2. The molecule has 1 aromatic heterocycles. The number of para-hydroxylation sites is 1. The zero-order chi connectivity index (χ0) is 19.6. The molecular weight excluding hydrogens is 366 g/mol. The van der Waals surface area contributed by atoms with Crippen LogP contribution in [0.5, 0.6) is 5.75 Å². The molecule has 0 amide bonds. The molecule has 0 fully saturated rings. The van der Waals surface area contributed by atoms with E-state index in [1.165, 1.54) is 23.5 Å². The summed E-state index contributed by atoms with van der Waals surface area (Å²) in [7, 11) is -2.32. The fourth-order valence-electron chi connectivity index (χ4n) is 2.98. The number of sulfonamides is 1. The zero-order valence-electron chi connectivity index (χ0n) is 15.4. The number of methoxy groups -OCH3 is 1. The molecule has 0 atom stereocenters. The van der Waals surface area contributed by atoms with Gasteiger partial charge in [-0.3, -0.25) is 4.79 Å². The van der Waals surface area contributed by atoms with Crippen molar-refractivity contribution in [1.82, 2.24) is 4.31 Å². The fraction of sp³-hybridized carbons (Fsp3) is 0.250. The van der Waals surface area contributed by atoms with Gasteiger partial charge in [-0.05, 0) is 30.3 Å². The quantitative estimate of drug-likeness (QED) is 0.647. The Morgan fingerprint density at radius 3 is 2.41 bits per heavy atom. The molecule has 0 spiro atoms. The number of hydrogen-bond acceptors (Lipinski definition) is 5. The number of ether oxygens (including phenoxy) is 1. The molecule has 0 aliphatic heterocycles. The van der Waals surface area contributed by atoms with Gasteiger partial charge in [-0.15, -0.1) is 0 Å². The lowest BCUT2D eigenvalue weighted by Crippen LogP contribution is -2.30. The topological polar surface area (TPSA) is 76.8 Å². The van der Waals surface area contributed by atoms with E-state index in [-0.39, 0.29) is 16.1 Å². The van der Waals surface area contributed by atoms with E-state index in [4.69, 9.17) is 9.15 Å². The van der Waals surface area contributed by atoms with Crippen molar-refractivity contribution in [3.63, 3.8) is 0 Å². The summed E-state index contributed by atoms with van der Waals surface area (Å²) in [6, 6.07) is 13.0. The van der Waals surface area contributed by atoms with Gasteiger partial charge in [-0.2, -0.15) is 4.31 Å². The molecule has 0 saturated carbocycles. The minimum absolute atomic E-state index is 0.0435. The summed E-state index contributed by atoms with van der Waals surface area (Å²) >= 11 is 0. The lowest BCUT2D eigenvalue weighted by molar-refractivity contribution is 0.395. The van der Waals surface area contributed by atoms with Gasteiger partial charge in [-0.25, -0.2) is 8.42 Å². The van der Waals surface area contributed by atoms with Crippen LogP contribution in [0.15, 0.2) is 62.6 Å². The molecule has 142 valence electrons. The summed E-state index contributed by atoms with van der Waals surface area (Å²) in [4.78, 5) is 12.4. The first kappa shape index (κ1) is 19.1. The Kier molecular flexibility index (Phi) is 5.34. The maximum absolute atomic E-state index is 13.0. The van der Waals surface area contributed by atoms with E-state index in [0.717, 1.165) is 0 Å². The predicted molar refractivity (Wildman–Crippen MR) is 105 cm³/mol. The SMILES string of the molecule is CCN(CC)S(=O)(=O)c1cc(-c2cc(=O)c3ccccc3o2)ccc1OC. The summed E-state index contributed by atoms with van der Waals surface area (Å²) in [5.74, 6) is 0.547. The van der Waals surface area contributed by atoms with Crippen molar-refractivity contribution >= 4 is 21.0 Å². The second-order valence-corrected chi connectivity index (χ2v) is 7.83. The average molecular weight is 387 g/mol. The summed E-state index contributed by atoms with van der Waals surface area (Å²) in [5.41, 5.74) is 0.754.